The average molecular weight is 470 g/mol. The van der Waals surface area contributed by atoms with Gasteiger partial charge in [-0.3, -0.25) is 9.59 Å². The summed E-state index contributed by atoms with van der Waals surface area (Å²) >= 11 is 11.9. The molecule has 0 aromatic heterocycles. The number of nitrogens with one attached hydrogen (secondary N) is 2. The van der Waals surface area contributed by atoms with Crippen LogP contribution in [0.4, 0.5) is 5.69 Å². The quantitative estimate of drug-likeness (QED) is 0.264. The largest absolute Gasteiger partial charge is 0.488 e. The molecule has 3 aromatic rings. The van der Waals surface area contributed by atoms with Gasteiger partial charge in [-0.25, -0.2) is 5.43 Å². The van der Waals surface area contributed by atoms with Crippen molar-refractivity contribution in [1.82, 2.24) is 5.43 Å². The second-order valence-corrected chi connectivity index (χ2v) is 7.78. The molecule has 0 saturated heterocycles. The Morgan fingerprint density at radius 3 is 2.50 bits per heavy atom. The monoisotopic (exact) mass is 469 g/mol. The van der Waals surface area contributed by atoms with E-state index >= 15 is 0 Å². The van der Waals surface area contributed by atoms with Gasteiger partial charge in [-0.1, -0.05) is 53.5 Å². The van der Waals surface area contributed by atoms with Gasteiger partial charge in [0.2, 0.25) is 11.8 Å². The molecule has 3 aromatic carbocycles. The fraction of sp³-hybridized carbons (Fsp3) is 0.125. The number of carbonyl (C=O) groups is 2. The van der Waals surface area contributed by atoms with Crippen LogP contribution in [0.1, 0.15) is 23.1 Å². The van der Waals surface area contributed by atoms with Gasteiger partial charge in [0, 0.05) is 21.3 Å². The van der Waals surface area contributed by atoms with Gasteiger partial charge in [0.05, 0.1) is 6.21 Å². The molecular weight excluding hydrogens is 449 g/mol. The van der Waals surface area contributed by atoms with E-state index in [1.165, 1.54) is 6.21 Å². The summed E-state index contributed by atoms with van der Waals surface area (Å²) in [4.78, 5) is 24.1. The Morgan fingerprint density at radius 2 is 1.75 bits per heavy atom. The Balaban J connectivity index is 1.51. The van der Waals surface area contributed by atoms with Gasteiger partial charge in [0.25, 0.3) is 0 Å². The average Bonchev–Trinajstić information content (AvgIpc) is 2.76. The Morgan fingerprint density at radius 1 is 1.00 bits per heavy atom. The lowest BCUT2D eigenvalue weighted by atomic mass is 10.2. The molecule has 6 nitrogen and oxygen atoms in total. The fourth-order valence-electron chi connectivity index (χ4n) is 2.70. The number of aryl methyl sites for hydroxylation is 1. The molecule has 0 spiro atoms. The molecule has 0 bridgehead atoms. The van der Waals surface area contributed by atoms with Gasteiger partial charge < -0.3 is 10.1 Å². The van der Waals surface area contributed by atoms with E-state index in [1.54, 1.807) is 42.5 Å². The molecule has 0 aliphatic heterocycles. The molecular formula is C24H21Cl2N3O3. The number of anilines is 1. The predicted octanol–water partition coefficient (Wildman–Crippen LogP) is 5.36. The number of amides is 2. The van der Waals surface area contributed by atoms with Crippen molar-refractivity contribution in [2.75, 3.05) is 5.32 Å². The minimum absolute atomic E-state index is 0.359. The van der Waals surface area contributed by atoms with Crippen molar-refractivity contribution >= 4 is 46.9 Å². The summed E-state index contributed by atoms with van der Waals surface area (Å²) in [6.07, 6.45) is 1.09. The first-order valence-corrected chi connectivity index (χ1v) is 10.5. The van der Waals surface area contributed by atoms with Gasteiger partial charge >= 0.3 is 0 Å². The van der Waals surface area contributed by atoms with E-state index in [4.69, 9.17) is 27.9 Å². The van der Waals surface area contributed by atoms with Crippen molar-refractivity contribution in [3.63, 3.8) is 0 Å². The first-order valence-electron chi connectivity index (χ1n) is 9.75. The maximum Gasteiger partial charge on any atom is 0.249 e. The SMILES string of the molecule is Cc1ccc(NC(=O)CC(=O)NN=Cc2ccccc2OCc2ccc(Cl)cc2)cc1Cl. The first kappa shape index (κ1) is 23.3. The maximum atomic E-state index is 12.1. The number of rotatable bonds is 8. The van der Waals surface area contributed by atoms with Crippen LogP contribution in [0.2, 0.25) is 10.0 Å². The number of para-hydroxylation sites is 1. The summed E-state index contributed by atoms with van der Waals surface area (Å²) in [5, 5.41) is 7.76. The van der Waals surface area contributed by atoms with Crippen LogP contribution in [-0.4, -0.2) is 18.0 Å². The normalized spacial score (nSPS) is 10.7. The summed E-state index contributed by atoms with van der Waals surface area (Å²) < 4.78 is 5.85. The van der Waals surface area contributed by atoms with E-state index in [2.05, 4.69) is 15.8 Å². The first-order chi connectivity index (χ1) is 15.4. The van der Waals surface area contributed by atoms with Gasteiger partial charge in [-0.2, -0.15) is 5.10 Å². The van der Waals surface area contributed by atoms with Gasteiger partial charge in [0.15, 0.2) is 0 Å². The zero-order valence-electron chi connectivity index (χ0n) is 17.3. The highest BCUT2D eigenvalue weighted by molar-refractivity contribution is 6.31. The molecule has 0 aliphatic carbocycles. The molecule has 3 rings (SSSR count). The number of hydrogen-bond acceptors (Lipinski definition) is 4. The number of nitrogens with zero attached hydrogens (tertiary/aromatic N) is 1. The van der Waals surface area contributed by atoms with Crippen molar-refractivity contribution in [3.8, 4) is 5.75 Å². The van der Waals surface area contributed by atoms with E-state index in [0.29, 0.717) is 33.7 Å². The summed E-state index contributed by atoms with van der Waals surface area (Å²) in [6, 6.07) is 19.8. The molecule has 0 heterocycles. The second kappa shape index (κ2) is 11.3. The topological polar surface area (TPSA) is 79.8 Å². The highest BCUT2D eigenvalue weighted by Crippen LogP contribution is 2.20. The highest BCUT2D eigenvalue weighted by Gasteiger charge is 2.10. The Labute approximate surface area is 196 Å². The molecule has 0 saturated carbocycles. The number of benzene rings is 3. The Kier molecular flexibility index (Phi) is 8.25. The Hall–Kier alpha value is -3.35. The maximum absolute atomic E-state index is 12.1. The smallest absolute Gasteiger partial charge is 0.249 e. The van der Waals surface area contributed by atoms with E-state index < -0.39 is 11.8 Å². The number of ether oxygens (including phenoxy) is 1. The lowest BCUT2D eigenvalue weighted by Crippen LogP contribution is -2.24. The summed E-state index contributed by atoms with van der Waals surface area (Å²) in [5.74, 6) is -0.407. The minimum atomic E-state index is -0.545. The minimum Gasteiger partial charge on any atom is -0.488 e. The molecule has 0 unspecified atom stereocenters. The van der Waals surface area contributed by atoms with Gasteiger partial charge in [-0.15, -0.1) is 0 Å². The third kappa shape index (κ3) is 7.11. The molecule has 2 amide bonds. The van der Waals surface area contributed by atoms with Crippen molar-refractivity contribution in [1.29, 1.82) is 0 Å². The molecule has 0 atom stereocenters. The lowest BCUT2D eigenvalue weighted by molar-refractivity contribution is -0.126. The highest BCUT2D eigenvalue weighted by atomic mass is 35.5. The van der Waals surface area contributed by atoms with Crippen molar-refractivity contribution in [2.24, 2.45) is 5.10 Å². The van der Waals surface area contributed by atoms with E-state index in [9.17, 15) is 9.59 Å². The van der Waals surface area contributed by atoms with E-state index in [1.807, 2.05) is 31.2 Å². The molecule has 0 fully saturated rings. The standard InChI is InChI=1S/C24H21Cl2N3O3/c1-16-6-11-20(12-21(16)26)28-23(30)13-24(31)29-27-14-18-4-2-3-5-22(18)32-15-17-7-9-19(25)10-8-17/h2-12,14H,13,15H2,1H3,(H,28,30)(H,29,31). The number of hydrogen-bond donors (Lipinski definition) is 2. The van der Waals surface area contributed by atoms with Gasteiger partial charge in [-0.05, 0) is 54.4 Å². The molecule has 32 heavy (non-hydrogen) atoms. The number of carbonyl (C=O) groups excluding carboxylic acids is 2. The number of halogens is 2. The summed E-state index contributed by atoms with van der Waals surface area (Å²) in [7, 11) is 0. The van der Waals surface area contributed by atoms with Gasteiger partial charge in [0.1, 0.15) is 18.8 Å². The fourth-order valence-corrected chi connectivity index (χ4v) is 3.00. The van der Waals surface area contributed by atoms with Crippen LogP contribution >= 0.6 is 23.2 Å². The third-order valence-electron chi connectivity index (χ3n) is 4.40. The van der Waals surface area contributed by atoms with Crippen LogP contribution < -0.4 is 15.5 Å². The summed E-state index contributed by atoms with van der Waals surface area (Å²) in [5.41, 5.74) is 5.42. The third-order valence-corrected chi connectivity index (χ3v) is 5.06. The molecule has 0 aliphatic rings. The van der Waals surface area contributed by atoms with Crippen LogP contribution in [-0.2, 0) is 16.2 Å². The number of hydrazone groups is 1. The second-order valence-electron chi connectivity index (χ2n) is 6.94. The Bertz CT molecular complexity index is 1130. The molecule has 8 heteroatoms. The van der Waals surface area contributed by atoms with E-state index in [-0.39, 0.29) is 6.42 Å². The molecule has 2 N–H and O–H groups in total. The van der Waals surface area contributed by atoms with Crippen LogP contribution in [0.25, 0.3) is 0 Å². The summed E-state index contributed by atoms with van der Waals surface area (Å²) in [6.45, 7) is 2.22. The van der Waals surface area contributed by atoms with Crippen LogP contribution in [0.15, 0.2) is 71.8 Å². The van der Waals surface area contributed by atoms with Crippen molar-refractivity contribution < 1.29 is 14.3 Å². The van der Waals surface area contributed by atoms with E-state index in [0.717, 1.165) is 11.1 Å². The lowest BCUT2D eigenvalue weighted by Gasteiger charge is -2.09. The van der Waals surface area contributed by atoms with Crippen molar-refractivity contribution in [2.45, 2.75) is 20.0 Å². The zero-order chi connectivity index (χ0) is 22.9. The molecule has 0 radical (unpaired) electrons. The van der Waals surface area contributed by atoms with Crippen LogP contribution in [0, 0.1) is 6.92 Å². The van der Waals surface area contributed by atoms with Crippen LogP contribution in [0.3, 0.4) is 0 Å². The molecule has 164 valence electrons. The predicted molar refractivity (Wildman–Crippen MR) is 127 cm³/mol. The van der Waals surface area contributed by atoms with Crippen LogP contribution in [0.5, 0.6) is 5.75 Å². The van der Waals surface area contributed by atoms with Crippen molar-refractivity contribution in [3.05, 3.63) is 93.5 Å². The zero-order valence-corrected chi connectivity index (χ0v) is 18.8.